The standard InChI is InChI=1S/C7H7BClFNS/c1-7(8,10)6-3-2-5(12-9)4-11-6/h2-4,9H,1H3/q+1. The van der Waals surface area contributed by atoms with Gasteiger partial charge in [0.25, 0.3) is 0 Å². The van der Waals surface area contributed by atoms with E-state index < -0.39 is 5.57 Å². The highest BCUT2D eigenvalue weighted by molar-refractivity contribution is 7.92. The van der Waals surface area contributed by atoms with Gasteiger partial charge in [0.15, 0.2) is 10.7 Å². The van der Waals surface area contributed by atoms with E-state index in [2.05, 4.69) is 4.98 Å². The van der Waals surface area contributed by atoms with Crippen LogP contribution in [0.1, 0.15) is 12.6 Å². The second-order valence-electron chi connectivity index (χ2n) is 2.54. The average Bonchev–Trinajstić information content (AvgIpc) is 2.03. The molecule has 5 heteroatoms. The van der Waals surface area contributed by atoms with Gasteiger partial charge in [0.1, 0.15) is 13.4 Å². The third-order valence-corrected chi connectivity index (χ3v) is 2.34. The second kappa shape index (κ2) is 3.67. The van der Waals surface area contributed by atoms with Gasteiger partial charge in [-0.3, -0.25) is 4.98 Å². The Morgan fingerprint density at radius 3 is 2.67 bits per heavy atom. The molecule has 12 heavy (non-hydrogen) atoms. The first-order chi connectivity index (χ1) is 5.54. The smallest absolute Gasteiger partial charge is 0.211 e. The lowest BCUT2D eigenvalue weighted by Gasteiger charge is -2.12. The zero-order valence-electron chi connectivity index (χ0n) is 6.45. The fourth-order valence-electron chi connectivity index (χ4n) is 0.719. The third kappa shape index (κ3) is 2.39. The molecule has 62 valence electrons. The Morgan fingerprint density at radius 2 is 2.33 bits per heavy atom. The minimum atomic E-state index is -1.87. The minimum absolute atomic E-state index is 0.218. The molecule has 0 amide bonds. The molecule has 0 aliphatic heterocycles. The molecule has 0 N–H and O–H groups in total. The van der Waals surface area contributed by atoms with Crippen LogP contribution in [0, 0.1) is 10.7 Å². The molecule has 0 saturated carbocycles. The van der Waals surface area contributed by atoms with Crippen molar-refractivity contribution in [3.63, 3.8) is 0 Å². The zero-order valence-corrected chi connectivity index (χ0v) is 8.08. The summed E-state index contributed by atoms with van der Waals surface area (Å²) in [6, 6.07) is 3.24. The van der Waals surface area contributed by atoms with Crippen LogP contribution in [0.15, 0.2) is 23.2 Å². The van der Waals surface area contributed by atoms with E-state index in [1.807, 2.05) is 0 Å². The second-order valence-corrected chi connectivity index (χ2v) is 3.68. The monoisotopic (exact) mass is 202 g/mol. The first kappa shape index (κ1) is 9.87. The van der Waals surface area contributed by atoms with Gasteiger partial charge >= 0.3 is 0 Å². The van der Waals surface area contributed by atoms with Crippen molar-refractivity contribution in [2.24, 2.45) is 0 Å². The Labute approximate surface area is 80.6 Å². The van der Waals surface area contributed by atoms with Crippen molar-refractivity contribution >= 4 is 18.8 Å². The van der Waals surface area contributed by atoms with Gasteiger partial charge in [0.05, 0.1) is 10.6 Å². The van der Waals surface area contributed by atoms with Crippen LogP contribution in [-0.4, -0.2) is 12.8 Å². The first-order valence-corrected chi connectivity index (χ1v) is 5.02. The Kier molecular flexibility index (Phi) is 3.01. The van der Waals surface area contributed by atoms with Gasteiger partial charge in [-0.1, -0.05) is 0 Å². The summed E-state index contributed by atoms with van der Waals surface area (Å²) in [6.07, 6.45) is 1.51. The van der Waals surface area contributed by atoms with Crippen LogP contribution in [0.4, 0.5) is 4.39 Å². The Hall–Kier alpha value is -0.215. The SMILES string of the molecule is [B]C(C)(F)c1ccc(S[ClH+])cn1. The average molecular weight is 202 g/mol. The Bertz CT molecular complexity index is 259. The van der Waals surface area contributed by atoms with Gasteiger partial charge in [-0.15, -0.1) is 0 Å². The van der Waals surface area contributed by atoms with Crippen molar-refractivity contribution in [3.05, 3.63) is 24.0 Å². The number of halogens is 2. The molecule has 0 aliphatic rings. The molecule has 2 radical (unpaired) electrons. The van der Waals surface area contributed by atoms with Crippen molar-refractivity contribution < 1.29 is 15.1 Å². The van der Waals surface area contributed by atoms with Crippen LogP contribution in [0.25, 0.3) is 0 Å². The summed E-state index contributed by atoms with van der Waals surface area (Å²) in [5.74, 6) is 0. The normalized spacial score (nSPS) is 15.6. The van der Waals surface area contributed by atoms with Gasteiger partial charge in [-0.05, 0) is 19.1 Å². The van der Waals surface area contributed by atoms with Crippen LogP contribution in [0.5, 0.6) is 0 Å². The summed E-state index contributed by atoms with van der Waals surface area (Å²) in [5, 5.41) is 0. The molecule has 1 aromatic heterocycles. The van der Waals surface area contributed by atoms with Crippen LogP contribution < -0.4 is 0 Å². The molecular formula is C7H7BClFNS+. The number of hydrogen-bond acceptors (Lipinski definition) is 2. The van der Waals surface area contributed by atoms with Crippen LogP contribution >= 0.6 is 11.0 Å². The van der Waals surface area contributed by atoms with Crippen molar-refractivity contribution in [1.29, 1.82) is 0 Å². The maximum atomic E-state index is 13.0. The molecule has 0 fully saturated rings. The van der Waals surface area contributed by atoms with E-state index in [4.69, 9.17) is 18.5 Å². The number of hydrogen-bond donors (Lipinski definition) is 0. The van der Waals surface area contributed by atoms with Crippen molar-refractivity contribution in [2.45, 2.75) is 17.4 Å². The molecule has 1 atom stereocenters. The summed E-state index contributed by atoms with van der Waals surface area (Å²) in [4.78, 5) is 4.65. The number of pyridine rings is 1. The largest absolute Gasteiger partial charge is 0.257 e. The molecule has 0 saturated heterocycles. The number of nitrogens with zero attached hydrogens (tertiary/aromatic N) is 1. The minimum Gasteiger partial charge on any atom is -0.257 e. The maximum absolute atomic E-state index is 13.0. The highest BCUT2D eigenvalue weighted by atomic mass is 35.7. The predicted octanol–water partition coefficient (Wildman–Crippen LogP) is 1.68. The number of aromatic nitrogens is 1. The number of rotatable bonds is 2. The molecular weight excluding hydrogens is 195 g/mol. The lowest BCUT2D eigenvalue weighted by atomic mass is 9.82. The van der Waals surface area contributed by atoms with E-state index in [9.17, 15) is 4.39 Å². The molecule has 1 unspecified atom stereocenters. The van der Waals surface area contributed by atoms with Crippen LogP contribution in [0.2, 0.25) is 0 Å². The molecule has 1 nitrogen and oxygen atoms in total. The molecule has 0 aliphatic carbocycles. The highest BCUT2D eigenvalue weighted by Crippen LogP contribution is 2.21. The topological polar surface area (TPSA) is 12.9 Å². The lowest BCUT2D eigenvalue weighted by Crippen LogP contribution is -2.16. The Balaban J connectivity index is 2.93. The van der Waals surface area contributed by atoms with Gasteiger partial charge in [-0.2, -0.15) is 0 Å². The van der Waals surface area contributed by atoms with E-state index in [0.717, 1.165) is 15.9 Å². The van der Waals surface area contributed by atoms with Crippen molar-refractivity contribution in [2.75, 3.05) is 0 Å². The molecule has 1 heterocycles. The lowest BCUT2D eigenvalue weighted by molar-refractivity contribution is -0.137. The molecule has 1 aromatic rings. The van der Waals surface area contributed by atoms with Crippen molar-refractivity contribution in [1.82, 2.24) is 4.98 Å². The highest BCUT2D eigenvalue weighted by Gasteiger charge is 2.19. The Morgan fingerprint density at radius 1 is 1.67 bits per heavy atom. The van der Waals surface area contributed by atoms with Gasteiger partial charge in [-0.25, -0.2) is 4.39 Å². The summed E-state index contributed by atoms with van der Waals surface area (Å²) >= 11 is 0. The fraction of sp³-hybridized carbons (Fsp3) is 0.286. The van der Waals surface area contributed by atoms with E-state index in [-0.39, 0.29) is 5.69 Å². The van der Waals surface area contributed by atoms with Crippen LogP contribution in [0.3, 0.4) is 0 Å². The van der Waals surface area contributed by atoms with Gasteiger partial charge in [0, 0.05) is 6.20 Å². The van der Waals surface area contributed by atoms with E-state index in [1.165, 1.54) is 19.2 Å². The first-order valence-electron chi connectivity index (χ1n) is 3.28. The van der Waals surface area contributed by atoms with E-state index >= 15 is 0 Å². The van der Waals surface area contributed by atoms with Crippen LogP contribution in [-0.2, 0) is 5.57 Å². The number of alkyl halides is 1. The summed E-state index contributed by atoms with van der Waals surface area (Å²) in [6.45, 7) is 1.26. The summed E-state index contributed by atoms with van der Waals surface area (Å²) < 4.78 is 13.0. The van der Waals surface area contributed by atoms with Gasteiger partial charge < -0.3 is 0 Å². The molecule has 0 aromatic carbocycles. The molecule has 0 spiro atoms. The zero-order chi connectivity index (χ0) is 9.19. The molecule has 0 bridgehead atoms. The van der Waals surface area contributed by atoms with Crippen molar-refractivity contribution in [3.8, 4) is 0 Å². The quantitative estimate of drug-likeness (QED) is 0.677. The van der Waals surface area contributed by atoms with Gasteiger partial charge in [0.2, 0.25) is 11.0 Å². The van der Waals surface area contributed by atoms with E-state index in [1.54, 1.807) is 6.07 Å². The maximum Gasteiger partial charge on any atom is 0.211 e. The third-order valence-electron chi connectivity index (χ3n) is 1.33. The fourth-order valence-corrected chi connectivity index (χ4v) is 1.23. The summed E-state index contributed by atoms with van der Waals surface area (Å²) in [7, 11) is 11.0. The van der Waals surface area contributed by atoms with E-state index in [0.29, 0.717) is 0 Å². The summed E-state index contributed by atoms with van der Waals surface area (Å²) in [5.41, 5.74) is -1.65. The predicted molar refractivity (Wildman–Crippen MR) is 45.7 cm³/mol. The molecule has 1 rings (SSSR count).